The average Bonchev–Trinajstić information content (AvgIpc) is 3.33. The second-order valence-electron chi connectivity index (χ2n) is 14.4. The fourth-order valence-corrected chi connectivity index (χ4v) is 8.27. The number of thiazole rings is 1. The van der Waals surface area contributed by atoms with Crippen molar-refractivity contribution in [2.75, 3.05) is 18.5 Å². The zero-order valence-corrected chi connectivity index (χ0v) is 27.0. The Balaban J connectivity index is 1.65. The molecule has 2 amide bonds. The Labute approximate surface area is 254 Å². The zero-order valence-electron chi connectivity index (χ0n) is 26.2. The van der Waals surface area contributed by atoms with Gasteiger partial charge in [0.05, 0.1) is 31.1 Å². The van der Waals surface area contributed by atoms with E-state index in [1.807, 2.05) is 31.2 Å². The second kappa shape index (κ2) is 12.3. The monoisotopic (exact) mass is 599 g/mol. The van der Waals surface area contributed by atoms with Gasteiger partial charge in [0, 0.05) is 28.2 Å². The van der Waals surface area contributed by atoms with E-state index >= 15 is 0 Å². The van der Waals surface area contributed by atoms with E-state index in [0.717, 1.165) is 16.1 Å². The van der Waals surface area contributed by atoms with E-state index in [1.165, 1.54) is 11.3 Å². The first-order valence-electron chi connectivity index (χ1n) is 15.2. The van der Waals surface area contributed by atoms with Crippen LogP contribution in [0.2, 0.25) is 0 Å². The number of hydrogen-bond acceptors (Lipinski definition) is 7. The Hall–Kier alpha value is -2.33. The molecule has 6 atom stereocenters. The molecule has 1 aromatic carbocycles. The number of hydrogen-bond donors (Lipinski definition) is 5. The van der Waals surface area contributed by atoms with Crippen LogP contribution < -0.4 is 10.6 Å². The molecule has 1 aromatic heterocycles. The van der Waals surface area contributed by atoms with Gasteiger partial charge in [-0.25, -0.2) is 4.98 Å². The quantitative estimate of drug-likeness (QED) is 0.275. The number of benzene rings is 1. The van der Waals surface area contributed by atoms with Crippen molar-refractivity contribution >= 4 is 28.3 Å². The Kier molecular flexibility index (Phi) is 9.58. The number of aliphatic hydroxyl groups is 3. The Morgan fingerprint density at radius 1 is 1.14 bits per heavy atom. The smallest absolute Gasteiger partial charge is 0.257 e. The van der Waals surface area contributed by atoms with Gasteiger partial charge in [0.15, 0.2) is 5.13 Å². The maximum absolute atomic E-state index is 13.4. The number of amides is 2. The van der Waals surface area contributed by atoms with Crippen molar-refractivity contribution in [2.24, 2.45) is 22.7 Å². The maximum atomic E-state index is 13.4. The van der Waals surface area contributed by atoms with Crippen LogP contribution in [0.1, 0.15) is 107 Å². The summed E-state index contributed by atoms with van der Waals surface area (Å²) in [6.45, 7) is 14.3. The predicted octanol–water partition coefficient (Wildman–Crippen LogP) is 5.02. The van der Waals surface area contributed by atoms with Crippen LogP contribution in [0.4, 0.5) is 5.13 Å². The highest BCUT2D eigenvalue weighted by Gasteiger charge is 2.59. The van der Waals surface area contributed by atoms with Crippen molar-refractivity contribution in [1.82, 2.24) is 10.3 Å². The van der Waals surface area contributed by atoms with Gasteiger partial charge in [-0.05, 0) is 66.0 Å². The van der Waals surface area contributed by atoms with Gasteiger partial charge < -0.3 is 20.6 Å². The molecule has 4 rings (SSSR count). The lowest BCUT2D eigenvalue weighted by Crippen LogP contribution is -2.58. The molecule has 1 saturated carbocycles. The lowest BCUT2D eigenvalue weighted by molar-refractivity contribution is -0.144. The van der Waals surface area contributed by atoms with Crippen molar-refractivity contribution in [2.45, 2.75) is 104 Å². The number of nitrogens with zero attached hydrogens (tertiary/aromatic N) is 1. The number of anilines is 1. The molecule has 5 N–H and O–H groups in total. The first kappa shape index (κ1) is 32.6. The highest BCUT2D eigenvalue weighted by Crippen LogP contribution is 2.62. The van der Waals surface area contributed by atoms with E-state index in [0.29, 0.717) is 42.3 Å². The van der Waals surface area contributed by atoms with Gasteiger partial charge in [0.25, 0.3) is 5.91 Å². The Morgan fingerprint density at radius 2 is 1.81 bits per heavy atom. The first-order chi connectivity index (χ1) is 19.6. The van der Waals surface area contributed by atoms with Crippen molar-refractivity contribution in [3.8, 4) is 0 Å². The van der Waals surface area contributed by atoms with Crippen LogP contribution in [-0.4, -0.2) is 57.5 Å². The zero-order chi connectivity index (χ0) is 31.0. The summed E-state index contributed by atoms with van der Waals surface area (Å²) in [5, 5.41) is 37.9. The third-order valence-corrected chi connectivity index (χ3v) is 10.9. The topological polar surface area (TPSA) is 132 Å². The number of aromatic nitrogens is 1. The molecule has 1 heterocycles. The maximum Gasteiger partial charge on any atom is 0.257 e. The lowest BCUT2D eigenvalue weighted by atomic mass is 9.47. The third-order valence-electron chi connectivity index (χ3n) is 9.86. The van der Waals surface area contributed by atoms with Gasteiger partial charge in [-0.2, -0.15) is 0 Å². The minimum atomic E-state index is -0.729. The second-order valence-corrected chi connectivity index (χ2v) is 15.5. The standard InChI is InChI=1S/C33H49N3O5S/c1-19(2)14-22(17-37)34-27(40)15-23-28-24(16-25-32(23,6)13-12-26(39)33(25,7)18-38)42-30(35-28)36-29(41)20-8-10-21(11-9-20)31(3,4)5/h8-11,19,22-23,25-26,37-39H,12-18H2,1-7H3,(H,34,40)(H,35,36,41). The third kappa shape index (κ3) is 6.44. The number of aliphatic hydroxyl groups excluding tert-OH is 3. The molecule has 0 spiro atoms. The fourth-order valence-electron chi connectivity index (χ4n) is 7.21. The Bertz CT molecular complexity index is 1270. The summed E-state index contributed by atoms with van der Waals surface area (Å²) in [5.41, 5.74) is 1.36. The molecule has 0 saturated heterocycles. The highest BCUT2D eigenvalue weighted by molar-refractivity contribution is 7.15. The number of carbonyl (C=O) groups is 2. The molecule has 0 radical (unpaired) electrons. The van der Waals surface area contributed by atoms with Gasteiger partial charge in [0.1, 0.15) is 0 Å². The van der Waals surface area contributed by atoms with Crippen LogP contribution in [0.5, 0.6) is 0 Å². The normalized spacial score (nSPS) is 28.1. The number of nitrogens with one attached hydrogen (secondary N) is 2. The minimum Gasteiger partial charge on any atom is -0.396 e. The molecule has 0 bridgehead atoms. The lowest BCUT2D eigenvalue weighted by Gasteiger charge is -2.58. The van der Waals surface area contributed by atoms with Gasteiger partial charge in [0.2, 0.25) is 5.91 Å². The number of carbonyl (C=O) groups excluding carboxylic acids is 2. The van der Waals surface area contributed by atoms with E-state index in [-0.39, 0.29) is 54.7 Å². The van der Waals surface area contributed by atoms with Crippen molar-refractivity contribution in [3.63, 3.8) is 0 Å². The van der Waals surface area contributed by atoms with Gasteiger partial charge in [-0.15, -0.1) is 11.3 Å². The van der Waals surface area contributed by atoms with Gasteiger partial charge in [-0.3, -0.25) is 14.9 Å². The summed E-state index contributed by atoms with van der Waals surface area (Å²) in [7, 11) is 0. The summed E-state index contributed by atoms with van der Waals surface area (Å²) in [5.74, 6) is -0.417. The molecular formula is C33H49N3O5S. The number of rotatable bonds is 9. The highest BCUT2D eigenvalue weighted by atomic mass is 32.1. The van der Waals surface area contributed by atoms with Crippen LogP contribution in [0.15, 0.2) is 24.3 Å². The van der Waals surface area contributed by atoms with Gasteiger partial charge >= 0.3 is 0 Å². The summed E-state index contributed by atoms with van der Waals surface area (Å²) in [6.07, 6.45) is 2.04. The summed E-state index contributed by atoms with van der Waals surface area (Å²) >= 11 is 1.41. The van der Waals surface area contributed by atoms with Crippen LogP contribution >= 0.6 is 11.3 Å². The molecule has 232 valence electrons. The molecule has 42 heavy (non-hydrogen) atoms. The summed E-state index contributed by atoms with van der Waals surface area (Å²) in [6, 6.07) is 7.28. The van der Waals surface area contributed by atoms with Crippen molar-refractivity contribution in [3.05, 3.63) is 46.0 Å². The molecule has 8 nitrogen and oxygen atoms in total. The van der Waals surface area contributed by atoms with Crippen molar-refractivity contribution < 1.29 is 24.9 Å². The SMILES string of the molecule is CC(C)CC(CO)NC(=O)CC1c2nc(NC(=O)c3ccc(C(C)(C)C)cc3)sc2CC2C(C)(CO)C(O)CCC12C. The van der Waals surface area contributed by atoms with Crippen LogP contribution in [0.3, 0.4) is 0 Å². The van der Waals surface area contributed by atoms with Crippen LogP contribution in [0, 0.1) is 22.7 Å². The largest absolute Gasteiger partial charge is 0.396 e. The molecule has 1 fully saturated rings. The molecule has 2 aromatic rings. The summed E-state index contributed by atoms with van der Waals surface area (Å²) < 4.78 is 0. The van der Waals surface area contributed by atoms with Crippen LogP contribution in [0.25, 0.3) is 0 Å². The molecular weight excluding hydrogens is 550 g/mol. The van der Waals surface area contributed by atoms with E-state index in [1.54, 1.807) is 0 Å². The first-order valence-corrected chi connectivity index (χ1v) is 16.0. The molecule has 2 aliphatic carbocycles. The van der Waals surface area contributed by atoms with Crippen LogP contribution in [-0.2, 0) is 16.6 Å². The van der Waals surface area contributed by atoms with Gasteiger partial charge in [-0.1, -0.05) is 60.6 Å². The number of fused-ring (bicyclic) bond motifs is 2. The van der Waals surface area contributed by atoms with E-state index in [4.69, 9.17) is 4.98 Å². The minimum absolute atomic E-state index is 0.0137. The molecule has 0 aliphatic heterocycles. The predicted molar refractivity (Wildman–Crippen MR) is 167 cm³/mol. The van der Waals surface area contributed by atoms with E-state index < -0.39 is 16.9 Å². The fraction of sp³-hybridized carbons (Fsp3) is 0.667. The van der Waals surface area contributed by atoms with Crippen molar-refractivity contribution in [1.29, 1.82) is 0 Å². The summed E-state index contributed by atoms with van der Waals surface area (Å²) in [4.78, 5) is 32.5. The Morgan fingerprint density at radius 3 is 2.38 bits per heavy atom. The molecule has 9 heteroatoms. The average molecular weight is 600 g/mol. The molecule has 2 aliphatic rings. The molecule has 6 unspecified atom stereocenters. The van der Waals surface area contributed by atoms with E-state index in [9.17, 15) is 24.9 Å². The van der Waals surface area contributed by atoms with E-state index in [2.05, 4.69) is 52.2 Å².